The number of nitrogens with one attached hydrogen (secondary N) is 2. The largest absolute Gasteiger partial charge is 0.492 e. The van der Waals surface area contributed by atoms with Crippen molar-refractivity contribution in [3.05, 3.63) is 83.4 Å². The number of carbonyl (C=O) groups excluding carboxylic acids is 2. The molecule has 5 rings (SSSR count). The van der Waals surface area contributed by atoms with Crippen LogP contribution < -0.4 is 15.4 Å². The zero-order valence-electron chi connectivity index (χ0n) is 22.5. The van der Waals surface area contributed by atoms with Crippen LogP contribution in [0.5, 0.6) is 5.75 Å². The van der Waals surface area contributed by atoms with Gasteiger partial charge in [0.25, 0.3) is 0 Å². The Kier molecular flexibility index (Phi) is 12.8. The van der Waals surface area contributed by atoms with E-state index in [2.05, 4.69) is 38.7 Å². The molecule has 0 radical (unpaired) electrons. The van der Waals surface area contributed by atoms with Crippen LogP contribution in [-0.4, -0.2) is 67.6 Å². The summed E-state index contributed by atoms with van der Waals surface area (Å²) in [5.41, 5.74) is 2.53. The molecule has 4 aromatic rings. The van der Waals surface area contributed by atoms with Crippen molar-refractivity contribution in [2.24, 2.45) is 0 Å². The van der Waals surface area contributed by atoms with Crippen molar-refractivity contribution in [1.29, 1.82) is 0 Å². The smallest absolute Gasteiger partial charge is 0.325 e. The quantitative estimate of drug-likeness (QED) is 0.240. The number of halogens is 2. The van der Waals surface area contributed by atoms with Crippen molar-refractivity contribution in [3.8, 4) is 16.3 Å². The number of ether oxygens (including phenoxy) is 2. The van der Waals surface area contributed by atoms with Gasteiger partial charge in [-0.1, -0.05) is 54.6 Å². The normalized spacial score (nSPS) is 13.1. The molecule has 1 aliphatic heterocycles. The highest BCUT2D eigenvalue weighted by Gasteiger charge is 2.13. The molecule has 8 nitrogen and oxygen atoms in total. The van der Waals surface area contributed by atoms with Crippen LogP contribution in [0.3, 0.4) is 0 Å². The predicted molar refractivity (Wildman–Crippen MR) is 167 cm³/mol. The van der Waals surface area contributed by atoms with E-state index in [1.807, 2.05) is 53.9 Å². The number of nitrogens with zero attached hydrogens (tertiary/aromatic N) is 2. The van der Waals surface area contributed by atoms with Crippen molar-refractivity contribution < 1.29 is 19.1 Å². The molecule has 1 saturated heterocycles. The van der Waals surface area contributed by atoms with E-state index in [1.54, 1.807) is 0 Å². The fraction of sp³-hybridized carbons (Fsp3) is 0.300. The van der Waals surface area contributed by atoms with Crippen molar-refractivity contribution >= 4 is 58.8 Å². The Morgan fingerprint density at radius 1 is 1.00 bits per heavy atom. The van der Waals surface area contributed by atoms with E-state index in [-0.39, 0.29) is 50.3 Å². The molecule has 0 bridgehead atoms. The van der Waals surface area contributed by atoms with Crippen LogP contribution in [0.25, 0.3) is 21.3 Å². The van der Waals surface area contributed by atoms with Crippen LogP contribution in [0.2, 0.25) is 0 Å². The van der Waals surface area contributed by atoms with Gasteiger partial charge in [0.2, 0.25) is 5.91 Å². The Morgan fingerprint density at radius 3 is 2.61 bits per heavy atom. The summed E-state index contributed by atoms with van der Waals surface area (Å²) in [4.78, 5) is 31.5. The van der Waals surface area contributed by atoms with Crippen LogP contribution in [0.15, 0.2) is 72.1 Å². The molecule has 0 aliphatic carbocycles. The molecule has 2 N–H and O–H groups in total. The van der Waals surface area contributed by atoms with Gasteiger partial charge < -0.3 is 20.1 Å². The monoisotopic (exact) mass is 616 g/mol. The second-order valence-corrected chi connectivity index (χ2v) is 10.2. The van der Waals surface area contributed by atoms with E-state index in [0.717, 1.165) is 65.4 Å². The fourth-order valence-corrected chi connectivity index (χ4v) is 5.25. The third-order valence-electron chi connectivity index (χ3n) is 6.53. The first-order chi connectivity index (χ1) is 19.1. The Balaban J connectivity index is 0.00000231. The summed E-state index contributed by atoms with van der Waals surface area (Å²) in [7, 11) is 0. The van der Waals surface area contributed by atoms with E-state index < -0.39 is 5.97 Å². The van der Waals surface area contributed by atoms with Gasteiger partial charge in [-0.2, -0.15) is 0 Å². The number of rotatable bonds is 11. The lowest BCUT2D eigenvalue weighted by molar-refractivity contribution is -0.145. The topological polar surface area (TPSA) is 92.8 Å². The summed E-state index contributed by atoms with van der Waals surface area (Å²) in [5.74, 6) is 0.107. The van der Waals surface area contributed by atoms with Crippen LogP contribution in [0.4, 0.5) is 0 Å². The van der Waals surface area contributed by atoms with Gasteiger partial charge in [-0.05, 0) is 23.1 Å². The molecular weight excluding hydrogens is 583 g/mol. The molecule has 218 valence electrons. The van der Waals surface area contributed by atoms with Crippen molar-refractivity contribution in [2.45, 2.75) is 13.0 Å². The van der Waals surface area contributed by atoms with E-state index in [9.17, 15) is 9.59 Å². The molecule has 0 spiro atoms. The molecule has 1 aromatic heterocycles. The zero-order valence-corrected chi connectivity index (χ0v) is 25.0. The van der Waals surface area contributed by atoms with Crippen LogP contribution in [-0.2, 0) is 27.4 Å². The van der Waals surface area contributed by atoms with E-state index in [0.29, 0.717) is 12.3 Å². The van der Waals surface area contributed by atoms with Crippen LogP contribution in [0, 0.1) is 0 Å². The molecule has 1 fully saturated rings. The van der Waals surface area contributed by atoms with Gasteiger partial charge in [0.05, 0.1) is 12.1 Å². The number of benzene rings is 3. The summed E-state index contributed by atoms with van der Waals surface area (Å²) < 4.78 is 11.4. The van der Waals surface area contributed by atoms with Crippen molar-refractivity contribution in [1.82, 2.24) is 20.5 Å². The number of fused-ring (bicyclic) bond motifs is 1. The van der Waals surface area contributed by atoms with Gasteiger partial charge >= 0.3 is 5.97 Å². The second kappa shape index (κ2) is 16.3. The lowest BCUT2D eigenvalue weighted by Crippen LogP contribution is -2.44. The van der Waals surface area contributed by atoms with Gasteiger partial charge in [0.1, 0.15) is 30.5 Å². The number of aromatic nitrogens is 1. The molecule has 11 heteroatoms. The molecule has 0 saturated carbocycles. The molecule has 41 heavy (non-hydrogen) atoms. The van der Waals surface area contributed by atoms with Crippen LogP contribution in [0.1, 0.15) is 11.3 Å². The van der Waals surface area contributed by atoms with Gasteiger partial charge in [0, 0.05) is 49.1 Å². The molecule has 1 aliphatic rings. The summed E-state index contributed by atoms with van der Waals surface area (Å²) in [6, 6.07) is 21.7. The summed E-state index contributed by atoms with van der Waals surface area (Å²) in [6.07, 6.45) is 0.0937. The van der Waals surface area contributed by atoms with Gasteiger partial charge in [-0.15, -0.1) is 36.2 Å². The Morgan fingerprint density at radius 2 is 1.80 bits per heavy atom. The van der Waals surface area contributed by atoms with Crippen LogP contribution >= 0.6 is 36.2 Å². The lowest BCUT2D eigenvalue weighted by atomic mass is 10.1. The highest BCUT2D eigenvalue weighted by atomic mass is 35.5. The third kappa shape index (κ3) is 9.41. The second-order valence-electron chi connectivity index (χ2n) is 9.38. The Hall–Kier alpha value is -3.21. The lowest BCUT2D eigenvalue weighted by Gasteiger charge is -2.27. The van der Waals surface area contributed by atoms with E-state index in [4.69, 9.17) is 9.47 Å². The fourth-order valence-electron chi connectivity index (χ4n) is 4.43. The molecule has 0 unspecified atom stereocenters. The summed E-state index contributed by atoms with van der Waals surface area (Å²) in [5, 5.41) is 10.8. The number of esters is 1. The third-order valence-corrected chi connectivity index (χ3v) is 7.47. The van der Waals surface area contributed by atoms with Crippen molar-refractivity contribution in [3.63, 3.8) is 0 Å². The molecule has 0 atom stereocenters. The molecule has 3 aromatic carbocycles. The predicted octanol–water partition coefficient (Wildman–Crippen LogP) is 4.49. The Bertz CT molecular complexity index is 1410. The number of piperazine rings is 1. The first-order valence-electron chi connectivity index (χ1n) is 13.1. The maximum absolute atomic E-state index is 12.4. The summed E-state index contributed by atoms with van der Waals surface area (Å²) in [6.45, 7) is 5.69. The minimum Gasteiger partial charge on any atom is -0.492 e. The summed E-state index contributed by atoms with van der Waals surface area (Å²) >= 11 is 1.49. The number of hydrogen-bond acceptors (Lipinski definition) is 8. The zero-order chi connectivity index (χ0) is 26.9. The standard InChI is InChI=1S/C30H32N4O4S.2ClH/c35-28(32-19-29(36)38-20-22-5-2-1-3-6-22)18-25-21-39-30(33-25)24-10-9-23-7-4-8-27(26(23)17-24)37-16-15-34-13-11-31-12-14-34;;/h1-10,17,21,31H,11-16,18-20H2,(H,32,35);2*1H. The maximum atomic E-state index is 12.4. The number of amides is 1. The average molecular weight is 618 g/mol. The van der Waals surface area contributed by atoms with E-state index in [1.165, 1.54) is 11.3 Å². The van der Waals surface area contributed by atoms with Gasteiger partial charge in [-0.25, -0.2) is 4.98 Å². The van der Waals surface area contributed by atoms with Gasteiger partial charge in [-0.3, -0.25) is 14.5 Å². The number of thiazole rings is 1. The highest BCUT2D eigenvalue weighted by molar-refractivity contribution is 7.13. The first-order valence-corrected chi connectivity index (χ1v) is 14.0. The first kappa shape index (κ1) is 32.3. The minimum absolute atomic E-state index is 0. The van der Waals surface area contributed by atoms with Gasteiger partial charge in [0.15, 0.2) is 0 Å². The molecular formula is C30H34Cl2N4O4S. The number of carbonyl (C=O) groups is 2. The highest BCUT2D eigenvalue weighted by Crippen LogP contribution is 2.32. The van der Waals surface area contributed by atoms with Crippen molar-refractivity contribution in [2.75, 3.05) is 45.9 Å². The average Bonchev–Trinajstić information content (AvgIpc) is 3.44. The SMILES string of the molecule is Cl.Cl.O=C(Cc1csc(-c2ccc3cccc(OCCN4CCNCC4)c3c2)n1)NCC(=O)OCc1ccccc1. The minimum atomic E-state index is -0.478. The number of hydrogen-bond donors (Lipinski definition) is 2. The molecule has 1 amide bonds. The maximum Gasteiger partial charge on any atom is 0.325 e. The molecule has 2 heterocycles. The van der Waals surface area contributed by atoms with E-state index >= 15 is 0 Å². The Labute approximate surface area is 256 Å².